The summed E-state index contributed by atoms with van der Waals surface area (Å²) in [5.74, 6) is 1.77. The molecule has 0 atom stereocenters. The van der Waals surface area contributed by atoms with Crippen LogP contribution in [-0.4, -0.2) is 88.9 Å². The van der Waals surface area contributed by atoms with Gasteiger partial charge in [-0.05, 0) is 61.4 Å². The summed E-state index contributed by atoms with van der Waals surface area (Å²) in [6, 6.07) is 10.6. The Balaban J connectivity index is 1.37. The van der Waals surface area contributed by atoms with Crippen LogP contribution in [0.5, 0.6) is 0 Å². The van der Waals surface area contributed by atoms with Crippen LogP contribution < -0.4 is 13.5 Å². The normalized spacial score (nSPS) is 19.1. The first kappa shape index (κ1) is 27.0. The lowest BCUT2D eigenvalue weighted by Gasteiger charge is -2.35. The fourth-order valence-corrected chi connectivity index (χ4v) is 8.59. The van der Waals surface area contributed by atoms with Gasteiger partial charge in [-0.25, -0.2) is 26.8 Å². The van der Waals surface area contributed by atoms with E-state index in [0.29, 0.717) is 50.9 Å². The smallest absolute Gasteiger partial charge is 0.245 e. The number of piperidine rings is 1. The average molecular weight is 588 g/mol. The van der Waals surface area contributed by atoms with E-state index < -0.39 is 20.0 Å². The van der Waals surface area contributed by atoms with Crippen molar-refractivity contribution in [1.82, 2.24) is 20.2 Å². The summed E-state index contributed by atoms with van der Waals surface area (Å²) < 4.78 is 55.9. The van der Waals surface area contributed by atoms with Gasteiger partial charge in [0, 0.05) is 37.4 Å². The molecule has 2 aromatic heterocycles. The number of hydrogen-bond donors (Lipinski definition) is 1. The van der Waals surface area contributed by atoms with E-state index in [-0.39, 0.29) is 5.69 Å². The first-order valence-corrected chi connectivity index (χ1v) is 17.0. The molecule has 3 aliphatic rings. The summed E-state index contributed by atoms with van der Waals surface area (Å²) in [4.78, 5) is 13.9. The van der Waals surface area contributed by atoms with Crippen LogP contribution in [0, 0.1) is 5.41 Å². The Bertz CT molecular complexity index is 1590. The Morgan fingerprint density at radius 3 is 2.23 bits per heavy atom. The van der Waals surface area contributed by atoms with Crippen molar-refractivity contribution in [3.8, 4) is 22.9 Å². The number of pyridine rings is 1. The van der Waals surface area contributed by atoms with Crippen molar-refractivity contribution < 1.29 is 21.6 Å². The Morgan fingerprint density at radius 1 is 0.875 bits per heavy atom. The van der Waals surface area contributed by atoms with Crippen LogP contribution in [-0.2, 0) is 24.8 Å². The highest BCUT2D eigenvalue weighted by Crippen LogP contribution is 2.54. The van der Waals surface area contributed by atoms with Gasteiger partial charge in [0.2, 0.25) is 20.0 Å². The lowest BCUT2D eigenvalue weighted by atomic mass is 9.93. The molecule has 3 fully saturated rings. The van der Waals surface area contributed by atoms with Gasteiger partial charge in [-0.15, -0.1) is 0 Å². The van der Waals surface area contributed by atoms with Gasteiger partial charge in [-0.3, -0.25) is 5.10 Å². The summed E-state index contributed by atoms with van der Waals surface area (Å²) in [6.07, 6.45) is 6.33. The number of nitrogens with zero attached hydrogens (tertiary/aromatic N) is 6. The van der Waals surface area contributed by atoms with Crippen molar-refractivity contribution in [2.75, 3.05) is 65.4 Å². The van der Waals surface area contributed by atoms with Gasteiger partial charge < -0.3 is 14.5 Å². The molecule has 1 spiro atoms. The van der Waals surface area contributed by atoms with Crippen LogP contribution in [0.1, 0.15) is 25.7 Å². The third-order valence-corrected chi connectivity index (χ3v) is 11.2. The maximum absolute atomic E-state index is 12.5. The lowest BCUT2D eigenvalue weighted by Crippen LogP contribution is -2.37. The van der Waals surface area contributed by atoms with Crippen LogP contribution in [0.2, 0.25) is 0 Å². The van der Waals surface area contributed by atoms with Crippen LogP contribution in [0.15, 0.2) is 36.4 Å². The summed E-state index contributed by atoms with van der Waals surface area (Å²) in [7, 11) is -8.17. The highest BCUT2D eigenvalue weighted by molar-refractivity contribution is 8.09. The van der Waals surface area contributed by atoms with Crippen LogP contribution in [0.3, 0.4) is 0 Å². The van der Waals surface area contributed by atoms with E-state index in [4.69, 9.17) is 14.7 Å². The number of hydrogen-bond acceptors (Lipinski definition) is 10. The molecule has 1 aromatic carbocycles. The molecule has 0 radical (unpaired) electrons. The number of morpholine rings is 1. The quantitative estimate of drug-likeness (QED) is 0.438. The third-order valence-electron chi connectivity index (χ3n) is 7.95. The summed E-state index contributed by atoms with van der Waals surface area (Å²) in [5.41, 5.74) is 2.52. The minimum absolute atomic E-state index is 0.0612. The Labute approximate surface area is 234 Å². The summed E-state index contributed by atoms with van der Waals surface area (Å²) in [5, 5.41) is 7.49. The highest BCUT2D eigenvalue weighted by Gasteiger charge is 2.44. The van der Waals surface area contributed by atoms with Crippen molar-refractivity contribution in [1.29, 1.82) is 0 Å². The van der Waals surface area contributed by atoms with E-state index >= 15 is 0 Å². The van der Waals surface area contributed by atoms with Crippen LogP contribution in [0.25, 0.3) is 22.9 Å². The molecule has 0 unspecified atom stereocenters. The van der Waals surface area contributed by atoms with Crippen molar-refractivity contribution in [3.63, 3.8) is 0 Å². The molecule has 0 bridgehead atoms. The van der Waals surface area contributed by atoms with E-state index in [9.17, 15) is 16.8 Å². The molecule has 12 nitrogen and oxygen atoms in total. The Morgan fingerprint density at radius 2 is 1.57 bits per heavy atom. The molecular weight excluding hydrogens is 554 g/mol. The predicted molar refractivity (Wildman–Crippen MR) is 153 cm³/mol. The zero-order chi connectivity index (χ0) is 28.1. The maximum Gasteiger partial charge on any atom is 0.245 e. The maximum atomic E-state index is 12.5. The topological polar surface area (TPSA) is 142 Å². The molecule has 0 amide bonds. The van der Waals surface area contributed by atoms with Crippen LogP contribution >= 0.6 is 0 Å². The standard InChI is InChI=1S/C26H33N7O5S2/c1-39(34,35)33(40(2,36)37)19-6-7-20(22(18-19)31-12-10-26(8-9-26)11-13-31)24-28-25(30-29-24)21-4-3-5-23(27-21)32-14-16-38-17-15-32/h3-7,18H,8-17H2,1-2H3,(H,28,29,30). The Hall–Kier alpha value is -3.23. The van der Waals surface area contributed by atoms with Gasteiger partial charge in [-0.2, -0.15) is 8.81 Å². The van der Waals surface area contributed by atoms with Crippen molar-refractivity contribution in [2.45, 2.75) is 25.7 Å². The van der Waals surface area contributed by atoms with Gasteiger partial charge in [0.15, 0.2) is 11.6 Å². The van der Waals surface area contributed by atoms with Gasteiger partial charge in [-0.1, -0.05) is 6.07 Å². The van der Waals surface area contributed by atoms with Gasteiger partial charge in [0.1, 0.15) is 11.5 Å². The van der Waals surface area contributed by atoms with Gasteiger partial charge >= 0.3 is 0 Å². The molecule has 1 saturated carbocycles. The lowest BCUT2D eigenvalue weighted by molar-refractivity contribution is 0.122. The molecule has 14 heteroatoms. The number of H-pyrrole nitrogens is 1. The SMILES string of the molecule is CS(=O)(=O)N(c1ccc(-c2n[nH]c(-c3cccc(N4CCOCC4)n3)n2)c(N2CCC3(CC2)CC3)c1)S(C)(=O)=O. The minimum atomic E-state index is -4.09. The molecule has 3 aromatic rings. The molecule has 214 valence electrons. The molecule has 2 aliphatic heterocycles. The summed E-state index contributed by atoms with van der Waals surface area (Å²) >= 11 is 0. The largest absolute Gasteiger partial charge is 0.378 e. The molecule has 2 saturated heterocycles. The molecular formula is C26H33N7O5S2. The minimum Gasteiger partial charge on any atom is -0.378 e. The first-order valence-electron chi connectivity index (χ1n) is 13.3. The first-order chi connectivity index (χ1) is 19.0. The van der Waals surface area contributed by atoms with E-state index in [0.717, 1.165) is 57.4 Å². The summed E-state index contributed by atoms with van der Waals surface area (Å²) in [6.45, 7) is 4.42. The zero-order valence-corrected chi connectivity index (χ0v) is 24.2. The van der Waals surface area contributed by atoms with E-state index in [1.165, 1.54) is 18.9 Å². The average Bonchev–Trinajstić information content (AvgIpc) is 3.48. The second-order valence-electron chi connectivity index (χ2n) is 10.9. The molecule has 40 heavy (non-hydrogen) atoms. The van der Waals surface area contributed by atoms with E-state index in [1.807, 2.05) is 18.2 Å². The Kier molecular flexibility index (Phi) is 6.74. The van der Waals surface area contributed by atoms with Crippen LogP contribution in [0.4, 0.5) is 17.2 Å². The van der Waals surface area contributed by atoms with Crippen molar-refractivity contribution >= 4 is 37.2 Å². The fourth-order valence-electron chi connectivity index (χ4n) is 5.63. The predicted octanol–water partition coefficient (Wildman–Crippen LogP) is 2.48. The van der Waals surface area contributed by atoms with Gasteiger partial charge in [0.25, 0.3) is 0 Å². The molecule has 6 rings (SSSR count). The van der Waals surface area contributed by atoms with Crippen molar-refractivity contribution in [3.05, 3.63) is 36.4 Å². The number of rotatable bonds is 7. The van der Waals surface area contributed by atoms with E-state index in [2.05, 4.69) is 20.0 Å². The number of aromatic amines is 1. The van der Waals surface area contributed by atoms with Crippen molar-refractivity contribution in [2.24, 2.45) is 5.41 Å². The zero-order valence-electron chi connectivity index (χ0n) is 22.6. The number of benzene rings is 1. The fraction of sp³-hybridized carbons (Fsp3) is 0.500. The number of nitrogens with one attached hydrogen (secondary N) is 1. The molecule has 1 N–H and O–H groups in total. The second-order valence-corrected chi connectivity index (χ2v) is 14.8. The van der Waals surface area contributed by atoms with E-state index in [1.54, 1.807) is 12.1 Å². The monoisotopic (exact) mass is 587 g/mol. The molecule has 1 aliphatic carbocycles. The number of anilines is 3. The second kappa shape index (κ2) is 10.00. The third kappa shape index (κ3) is 5.39. The number of ether oxygens (including phenoxy) is 1. The number of sulfonamides is 2. The number of aromatic nitrogens is 4. The van der Waals surface area contributed by atoms with Gasteiger partial charge in [0.05, 0.1) is 31.4 Å². The molecule has 4 heterocycles. The highest BCUT2D eigenvalue weighted by atomic mass is 32.3.